The molecular weight excluding hydrogens is 590 g/mol. The van der Waals surface area contributed by atoms with Crippen molar-refractivity contribution in [3.05, 3.63) is 70.3 Å². The number of halogens is 2. The number of nitrogens with one attached hydrogen (secondary N) is 1. The van der Waals surface area contributed by atoms with Gasteiger partial charge in [-0.05, 0) is 42.3 Å². The van der Waals surface area contributed by atoms with Crippen LogP contribution in [-0.4, -0.2) is 81.1 Å². The van der Waals surface area contributed by atoms with Gasteiger partial charge in [-0.3, -0.25) is 19.0 Å². The first-order valence-corrected chi connectivity index (χ1v) is 14.4. The Bertz CT molecular complexity index is 1810. The summed E-state index contributed by atoms with van der Waals surface area (Å²) in [6.07, 6.45) is 3.42. The number of fused-ring (bicyclic) bond motifs is 2. The number of nitrogens with zero attached hydrogens (tertiary/aromatic N) is 6. The summed E-state index contributed by atoms with van der Waals surface area (Å²) in [4.78, 5) is 50.0. The van der Waals surface area contributed by atoms with Crippen LogP contribution in [0.2, 0.25) is 0 Å². The first kappa shape index (κ1) is 30.0. The standard InChI is InChI=1S/C30H32F2N8O5/c1-17(33)27(42)44-16-18-3-6-25(45-28(31)32)20(9-18)14-40-24-10-19(4-5-23(24)26(41)37(40)2)21-11-34-29(35-12-21)38-7-8-39-22(15-38)13-36-30(39)43/h3-6,9-12,17,22,28H,7-8,13-16,33H2,1-2H3,(H,36,43)/t17?,22-/m1/s1. The minimum Gasteiger partial charge on any atom is -0.460 e. The third-order valence-electron chi connectivity index (χ3n) is 8.06. The molecule has 1 unspecified atom stereocenters. The Labute approximate surface area is 256 Å². The van der Waals surface area contributed by atoms with Crippen LogP contribution in [0.25, 0.3) is 22.0 Å². The van der Waals surface area contributed by atoms with Crippen LogP contribution < -0.4 is 26.2 Å². The number of hydrogen-bond donors (Lipinski definition) is 2. The topological polar surface area (TPSA) is 150 Å². The fourth-order valence-electron chi connectivity index (χ4n) is 5.67. The number of anilines is 1. The summed E-state index contributed by atoms with van der Waals surface area (Å²) < 4.78 is 39.6. The van der Waals surface area contributed by atoms with Crippen molar-refractivity contribution in [1.29, 1.82) is 0 Å². The summed E-state index contributed by atoms with van der Waals surface area (Å²) in [5, 5.41) is 3.30. The summed E-state index contributed by atoms with van der Waals surface area (Å²) in [6.45, 7) is 0.772. The summed E-state index contributed by atoms with van der Waals surface area (Å²) in [6, 6.07) is 9.06. The van der Waals surface area contributed by atoms with E-state index in [0.717, 1.165) is 11.1 Å². The molecule has 2 fully saturated rings. The van der Waals surface area contributed by atoms with Crippen molar-refractivity contribution in [1.82, 2.24) is 29.5 Å². The van der Waals surface area contributed by atoms with Crippen LogP contribution in [0.15, 0.2) is 53.6 Å². The highest BCUT2D eigenvalue weighted by Gasteiger charge is 2.36. The van der Waals surface area contributed by atoms with Gasteiger partial charge >= 0.3 is 18.6 Å². The molecule has 2 aliphatic heterocycles. The Kier molecular flexibility index (Phi) is 8.10. The molecule has 2 saturated heterocycles. The van der Waals surface area contributed by atoms with Crippen LogP contribution >= 0.6 is 0 Å². The predicted octanol–water partition coefficient (Wildman–Crippen LogP) is 2.05. The van der Waals surface area contributed by atoms with Crippen LogP contribution in [-0.2, 0) is 29.7 Å². The van der Waals surface area contributed by atoms with Crippen LogP contribution in [0.3, 0.4) is 0 Å². The number of carbonyl (C=O) groups is 2. The molecule has 0 saturated carbocycles. The molecule has 0 bridgehead atoms. The van der Waals surface area contributed by atoms with E-state index in [2.05, 4.69) is 15.3 Å². The van der Waals surface area contributed by atoms with Crippen LogP contribution in [0.1, 0.15) is 18.1 Å². The molecule has 3 N–H and O–H groups in total. The van der Waals surface area contributed by atoms with Crippen LogP contribution in [0.4, 0.5) is 19.5 Å². The SMILES string of the molecule is CC(N)C(=O)OCc1ccc(OC(F)F)c(Cn2c3cc(-c4cnc(N5CCN6C(=O)NC[C@@H]6C5)nc4)ccc3c(=O)n2C)c1. The number of benzene rings is 2. The number of urea groups is 1. The minimum atomic E-state index is -3.06. The molecular formula is C30H32F2N8O5. The van der Waals surface area contributed by atoms with E-state index < -0.39 is 18.6 Å². The number of nitrogens with two attached hydrogens (primary N) is 1. The second-order valence-corrected chi connectivity index (χ2v) is 11.1. The van der Waals surface area contributed by atoms with Crippen molar-refractivity contribution in [3.63, 3.8) is 0 Å². The van der Waals surface area contributed by atoms with Gasteiger partial charge in [-0.2, -0.15) is 8.78 Å². The molecule has 4 aromatic rings. The Balaban J connectivity index is 1.28. The van der Waals surface area contributed by atoms with E-state index in [0.29, 0.717) is 54.2 Å². The molecule has 4 heterocycles. The minimum absolute atomic E-state index is 0.00969. The molecule has 236 valence electrons. The van der Waals surface area contributed by atoms with E-state index in [9.17, 15) is 23.2 Å². The lowest BCUT2D eigenvalue weighted by Crippen LogP contribution is -2.52. The van der Waals surface area contributed by atoms with Gasteiger partial charge in [-0.25, -0.2) is 14.8 Å². The summed E-state index contributed by atoms with van der Waals surface area (Å²) in [5.41, 5.74) is 8.24. The number of hydrogen-bond acceptors (Lipinski definition) is 9. The van der Waals surface area contributed by atoms with Crippen LogP contribution in [0, 0.1) is 0 Å². The largest absolute Gasteiger partial charge is 0.460 e. The van der Waals surface area contributed by atoms with Gasteiger partial charge in [0.05, 0.1) is 23.5 Å². The average Bonchev–Trinajstić information content (AvgIpc) is 3.52. The highest BCUT2D eigenvalue weighted by atomic mass is 19.3. The van der Waals surface area contributed by atoms with Gasteiger partial charge < -0.3 is 30.3 Å². The zero-order chi connectivity index (χ0) is 31.8. The number of aromatic nitrogens is 4. The van der Waals surface area contributed by atoms with Gasteiger partial charge in [0.25, 0.3) is 5.56 Å². The molecule has 2 amide bonds. The Morgan fingerprint density at radius 1 is 1.11 bits per heavy atom. The smallest absolute Gasteiger partial charge is 0.387 e. The number of esters is 1. The number of amides is 2. The monoisotopic (exact) mass is 622 g/mol. The van der Waals surface area contributed by atoms with Gasteiger partial charge in [0.15, 0.2) is 0 Å². The fraction of sp³-hybridized carbons (Fsp3) is 0.367. The molecule has 0 radical (unpaired) electrons. The van der Waals surface area contributed by atoms with Crippen LogP contribution in [0.5, 0.6) is 5.75 Å². The highest BCUT2D eigenvalue weighted by Crippen LogP contribution is 2.28. The highest BCUT2D eigenvalue weighted by molar-refractivity contribution is 5.84. The van der Waals surface area contributed by atoms with Gasteiger partial charge in [-0.15, -0.1) is 0 Å². The van der Waals surface area contributed by atoms with Gasteiger partial charge in [0.2, 0.25) is 5.95 Å². The number of ether oxygens (including phenoxy) is 2. The summed E-state index contributed by atoms with van der Waals surface area (Å²) in [5.74, 6) is -0.105. The molecule has 6 rings (SSSR count). The van der Waals surface area contributed by atoms with Crippen molar-refractivity contribution in [2.75, 3.05) is 31.1 Å². The zero-order valence-corrected chi connectivity index (χ0v) is 24.7. The predicted molar refractivity (Wildman–Crippen MR) is 160 cm³/mol. The summed E-state index contributed by atoms with van der Waals surface area (Å²) in [7, 11) is 1.59. The van der Waals surface area contributed by atoms with E-state index >= 15 is 0 Å². The summed E-state index contributed by atoms with van der Waals surface area (Å²) >= 11 is 0. The van der Waals surface area contributed by atoms with Crippen molar-refractivity contribution in [2.24, 2.45) is 12.8 Å². The fourth-order valence-corrected chi connectivity index (χ4v) is 5.67. The normalized spacial score (nSPS) is 17.0. The molecule has 2 aromatic carbocycles. The van der Waals surface area contributed by atoms with Gasteiger partial charge in [-0.1, -0.05) is 12.1 Å². The van der Waals surface area contributed by atoms with Crippen molar-refractivity contribution < 1.29 is 27.8 Å². The molecule has 0 spiro atoms. The lowest BCUT2D eigenvalue weighted by atomic mass is 10.1. The van der Waals surface area contributed by atoms with E-state index in [1.807, 2.05) is 15.9 Å². The molecule has 45 heavy (non-hydrogen) atoms. The van der Waals surface area contributed by atoms with E-state index in [-0.39, 0.29) is 36.5 Å². The quantitative estimate of drug-likeness (QED) is 0.268. The maximum absolute atomic E-state index is 13.3. The maximum Gasteiger partial charge on any atom is 0.387 e. The first-order chi connectivity index (χ1) is 21.6. The molecule has 2 aliphatic rings. The van der Waals surface area contributed by atoms with E-state index in [1.165, 1.54) is 23.7 Å². The number of piperazine rings is 1. The van der Waals surface area contributed by atoms with Gasteiger partial charge in [0.1, 0.15) is 18.4 Å². The lowest BCUT2D eigenvalue weighted by molar-refractivity contribution is -0.146. The average molecular weight is 623 g/mol. The molecule has 15 heteroatoms. The van der Waals surface area contributed by atoms with Crippen molar-refractivity contribution in [2.45, 2.75) is 38.8 Å². The molecule has 2 atom stereocenters. The second kappa shape index (κ2) is 12.1. The second-order valence-electron chi connectivity index (χ2n) is 11.1. The Hall–Kier alpha value is -5.05. The number of rotatable bonds is 9. The zero-order valence-electron chi connectivity index (χ0n) is 24.7. The molecule has 2 aromatic heterocycles. The first-order valence-electron chi connectivity index (χ1n) is 14.4. The van der Waals surface area contributed by atoms with E-state index in [4.69, 9.17) is 15.2 Å². The number of alkyl halides is 2. The molecule has 0 aliphatic carbocycles. The molecule has 13 nitrogen and oxygen atoms in total. The van der Waals surface area contributed by atoms with Crippen molar-refractivity contribution >= 4 is 28.9 Å². The maximum atomic E-state index is 13.3. The number of carbonyl (C=O) groups excluding carboxylic acids is 2. The third-order valence-corrected chi connectivity index (χ3v) is 8.06. The lowest BCUT2D eigenvalue weighted by Gasteiger charge is -2.36. The van der Waals surface area contributed by atoms with Gasteiger partial charge in [0, 0.05) is 56.7 Å². The Morgan fingerprint density at radius 2 is 1.89 bits per heavy atom. The van der Waals surface area contributed by atoms with Crippen molar-refractivity contribution in [3.8, 4) is 16.9 Å². The Morgan fingerprint density at radius 3 is 2.62 bits per heavy atom. The third kappa shape index (κ3) is 6.02. The van der Waals surface area contributed by atoms with E-state index in [1.54, 1.807) is 42.3 Å².